The van der Waals surface area contributed by atoms with E-state index in [-0.39, 0.29) is 27.6 Å². The predicted molar refractivity (Wildman–Crippen MR) is 131 cm³/mol. The first-order chi connectivity index (χ1) is 14.9. The fourth-order valence-electron chi connectivity index (χ4n) is 3.02. The minimum atomic E-state index is -1.08. The van der Waals surface area contributed by atoms with E-state index in [1.807, 2.05) is 0 Å². The van der Waals surface area contributed by atoms with Crippen LogP contribution in [0.1, 0.15) is 143 Å². The molecule has 4 nitrogen and oxygen atoms in total. The molecule has 0 aliphatic carbocycles. The maximum atomic E-state index is 10.2. The molecule has 0 saturated carbocycles. The molecule has 0 spiro atoms. The maximum absolute atomic E-state index is 10.2. The van der Waals surface area contributed by atoms with Gasteiger partial charge in [-0.25, -0.2) is 0 Å². The number of carbonyl (C=O) groups is 2. The molecule has 0 amide bonds. The van der Waals surface area contributed by atoms with Crippen molar-refractivity contribution >= 4 is 33.1 Å². The van der Waals surface area contributed by atoms with E-state index in [1.165, 1.54) is 96.3 Å². The van der Waals surface area contributed by atoms with Gasteiger partial charge in [0.2, 0.25) is 0 Å². The number of hydrogen-bond acceptors (Lipinski definition) is 4. The first-order valence-corrected chi connectivity index (χ1v) is 17.0. The Morgan fingerprint density at radius 2 is 0.839 bits per heavy atom. The summed E-state index contributed by atoms with van der Waals surface area (Å²) in [4.78, 5) is 19.1. The standard InChI is InChI=1S/C16H32O2.2C4H9.C2H4O2.Sn/c1-2-3-4-5-6-7-8-9-10-11-12-13-14-15-16(17)18;2*1-3-4-2;1-2(3)4;/h2-15H2,1H3,(H,17,18);2*1,3-4H2,2H3;1H3,(H,3,4);/q;;;;+2/p-2. The molecule has 0 aliphatic heterocycles. The summed E-state index contributed by atoms with van der Waals surface area (Å²) >= 11 is 0.149. The van der Waals surface area contributed by atoms with Gasteiger partial charge in [-0.15, -0.1) is 0 Å². The van der Waals surface area contributed by atoms with Crippen LogP contribution in [0.2, 0.25) is 8.87 Å². The summed E-state index contributed by atoms with van der Waals surface area (Å²) in [5.74, 6) is -1.99. The van der Waals surface area contributed by atoms with Crippen molar-refractivity contribution in [3.05, 3.63) is 0 Å². The van der Waals surface area contributed by atoms with Gasteiger partial charge in [-0.1, -0.05) is 84.0 Å². The molecular weight excluding hydrogens is 495 g/mol. The fourth-order valence-corrected chi connectivity index (χ4v) is 7.17. The van der Waals surface area contributed by atoms with Crippen LogP contribution in [-0.2, 0) is 9.59 Å². The molecule has 0 atom stereocenters. The summed E-state index contributed by atoms with van der Waals surface area (Å²) in [6.07, 6.45) is 22.8. The van der Waals surface area contributed by atoms with Crippen LogP contribution in [0, 0.1) is 0 Å². The molecule has 0 saturated heterocycles. The Kier molecular flexibility index (Phi) is 39.2. The van der Waals surface area contributed by atoms with Gasteiger partial charge in [0, 0.05) is 11.9 Å². The molecule has 0 aromatic rings. The number of aliphatic carboxylic acids is 2. The van der Waals surface area contributed by atoms with Gasteiger partial charge in [0.25, 0.3) is 0 Å². The van der Waals surface area contributed by atoms with Crippen molar-refractivity contribution in [3.8, 4) is 0 Å². The van der Waals surface area contributed by atoms with E-state index in [2.05, 4.69) is 20.8 Å². The second kappa shape index (κ2) is 34.4. The molecule has 0 aromatic heterocycles. The molecule has 0 unspecified atom stereocenters. The minimum absolute atomic E-state index is 0.149. The third-order valence-electron chi connectivity index (χ3n) is 4.90. The molecule has 0 heterocycles. The molecule has 0 rings (SSSR count). The van der Waals surface area contributed by atoms with Crippen molar-refractivity contribution < 1.29 is 19.8 Å². The summed E-state index contributed by atoms with van der Waals surface area (Å²) in [6.45, 7) is 7.81. The quantitative estimate of drug-likeness (QED) is 0.136. The Morgan fingerprint density at radius 1 is 0.548 bits per heavy atom. The van der Waals surface area contributed by atoms with E-state index in [0.717, 1.165) is 19.8 Å². The van der Waals surface area contributed by atoms with Gasteiger partial charge in [0.15, 0.2) is 0 Å². The van der Waals surface area contributed by atoms with Crippen molar-refractivity contribution in [2.45, 2.75) is 152 Å². The predicted octanol–water partition coefficient (Wildman–Crippen LogP) is 6.10. The fraction of sp³-hybridized carbons (Fsp3) is 0.923. The Labute approximate surface area is 204 Å². The molecule has 0 aromatic carbocycles. The van der Waals surface area contributed by atoms with Crippen molar-refractivity contribution in [1.29, 1.82) is 0 Å². The van der Waals surface area contributed by atoms with E-state index in [1.54, 1.807) is 8.87 Å². The summed E-state index contributed by atoms with van der Waals surface area (Å²) in [5.41, 5.74) is 0. The number of unbranched alkanes of at least 4 members (excludes halogenated alkanes) is 14. The topological polar surface area (TPSA) is 80.3 Å². The van der Waals surface area contributed by atoms with Gasteiger partial charge >= 0.3 is 69.5 Å². The second-order valence-electron chi connectivity index (χ2n) is 8.31. The number of carboxylic acids is 2. The Hall–Kier alpha value is -0.261. The van der Waals surface area contributed by atoms with Crippen LogP contribution in [0.5, 0.6) is 0 Å². The average molecular weight is 547 g/mol. The zero-order chi connectivity index (χ0) is 24.0. The zero-order valence-electron chi connectivity index (χ0n) is 21.3. The Morgan fingerprint density at radius 3 is 1.13 bits per heavy atom. The summed E-state index contributed by atoms with van der Waals surface area (Å²) in [7, 11) is 0. The van der Waals surface area contributed by atoms with Crippen LogP contribution < -0.4 is 10.2 Å². The van der Waals surface area contributed by atoms with Crippen LogP contribution in [0.4, 0.5) is 0 Å². The monoisotopic (exact) mass is 548 g/mol. The molecular formula is C26H52O4Sn. The SMILES string of the molecule is CC(=O)[O-].CCCCCCCCCCCCCCCC(=O)[O-].CCC[CH2][Sn+2][CH2]CCC. The molecule has 31 heavy (non-hydrogen) atoms. The van der Waals surface area contributed by atoms with E-state index in [9.17, 15) is 9.90 Å². The van der Waals surface area contributed by atoms with Gasteiger partial charge in [0.1, 0.15) is 0 Å². The van der Waals surface area contributed by atoms with Crippen molar-refractivity contribution in [3.63, 3.8) is 0 Å². The second-order valence-corrected chi connectivity index (χ2v) is 12.6. The molecule has 0 aliphatic rings. The number of carbonyl (C=O) groups excluding carboxylic acids is 2. The first kappa shape index (κ1) is 35.3. The molecule has 0 bridgehead atoms. The molecule has 184 valence electrons. The van der Waals surface area contributed by atoms with Gasteiger partial charge in [-0.3, -0.25) is 0 Å². The van der Waals surface area contributed by atoms with Crippen molar-refractivity contribution in [2.75, 3.05) is 0 Å². The third-order valence-corrected chi connectivity index (χ3v) is 8.93. The molecule has 5 heteroatoms. The molecule has 0 N–H and O–H groups in total. The molecule has 0 radical (unpaired) electrons. The normalized spacial score (nSPS) is 9.68. The number of hydrogen-bond donors (Lipinski definition) is 0. The van der Waals surface area contributed by atoms with Gasteiger partial charge in [-0.2, -0.15) is 0 Å². The van der Waals surface area contributed by atoms with E-state index < -0.39 is 11.9 Å². The Balaban J connectivity index is -0.000000499. The van der Waals surface area contributed by atoms with Crippen LogP contribution in [0.15, 0.2) is 0 Å². The molecule has 0 fully saturated rings. The van der Waals surface area contributed by atoms with E-state index in [0.29, 0.717) is 0 Å². The van der Waals surface area contributed by atoms with E-state index in [4.69, 9.17) is 9.90 Å². The van der Waals surface area contributed by atoms with Crippen molar-refractivity contribution in [2.24, 2.45) is 0 Å². The van der Waals surface area contributed by atoms with Gasteiger partial charge in [-0.05, 0) is 19.8 Å². The zero-order valence-corrected chi connectivity index (χ0v) is 24.1. The van der Waals surface area contributed by atoms with Crippen LogP contribution in [0.25, 0.3) is 0 Å². The van der Waals surface area contributed by atoms with Crippen molar-refractivity contribution in [1.82, 2.24) is 0 Å². The van der Waals surface area contributed by atoms with Crippen LogP contribution in [0.3, 0.4) is 0 Å². The average Bonchev–Trinajstić information content (AvgIpc) is 2.71. The van der Waals surface area contributed by atoms with Crippen LogP contribution >= 0.6 is 0 Å². The third kappa shape index (κ3) is 53.2. The van der Waals surface area contributed by atoms with Gasteiger partial charge in [0.05, 0.1) is 0 Å². The summed E-state index contributed by atoms with van der Waals surface area (Å²) in [6, 6.07) is 0. The summed E-state index contributed by atoms with van der Waals surface area (Å²) in [5, 5.41) is 19.1. The Bertz CT molecular complexity index is 338. The number of carboxylic acid groups (broad SMARTS) is 2. The van der Waals surface area contributed by atoms with Crippen LogP contribution in [-0.4, -0.2) is 33.1 Å². The summed E-state index contributed by atoms with van der Waals surface area (Å²) < 4.78 is 3.25. The first-order valence-electron chi connectivity index (χ1n) is 13.0. The van der Waals surface area contributed by atoms with Gasteiger partial charge < -0.3 is 19.8 Å². The van der Waals surface area contributed by atoms with E-state index >= 15 is 0 Å². The number of rotatable bonds is 20.